The molecule has 0 bridgehead atoms. The molecule has 1 heterocycles. The Morgan fingerprint density at radius 1 is 0.944 bits per heavy atom. The molecule has 1 spiro atoms. The molecule has 0 unspecified atom stereocenters. The first kappa shape index (κ1) is 12.2. The zero-order valence-electron chi connectivity index (χ0n) is 10.8. The molecule has 98 valence electrons. The highest BCUT2D eigenvalue weighted by Gasteiger charge is 2.46. The summed E-state index contributed by atoms with van der Waals surface area (Å²) in [4.78, 5) is 0. The number of ether oxygens (including phenoxy) is 2. The average molecular weight is 248 g/mol. The van der Waals surface area contributed by atoms with E-state index >= 15 is 0 Å². The van der Waals surface area contributed by atoms with Crippen molar-refractivity contribution in [2.24, 2.45) is 0 Å². The minimum atomic E-state index is -0.714. The normalized spacial score (nSPS) is 25.4. The molecular weight excluding hydrogens is 228 g/mol. The van der Waals surface area contributed by atoms with Crippen molar-refractivity contribution in [3.8, 4) is 0 Å². The van der Waals surface area contributed by atoms with Crippen molar-refractivity contribution in [2.75, 3.05) is 13.2 Å². The number of aryl methyl sites for hydroxylation is 1. The van der Waals surface area contributed by atoms with Gasteiger partial charge < -0.3 is 14.6 Å². The van der Waals surface area contributed by atoms with Crippen molar-refractivity contribution in [3.63, 3.8) is 0 Å². The summed E-state index contributed by atoms with van der Waals surface area (Å²) in [5, 5.41) is 10.8. The first-order chi connectivity index (χ1) is 8.62. The molecule has 3 heteroatoms. The van der Waals surface area contributed by atoms with Gasteiger partial charge in [0.05, 0.1) is 18.8 Å². The van der Waals surface area contributed by atoms with Crippen LogP contribution in [0.2, 0.25) is 0 Å². The Morgan fingerprint density at radius 2 is 1.50 bits per heavy atom. The van der Waals surface area contributed by atoms with Crippen molar-refractivity contribution in [1.29, 1.82) is 0 Å². The molecule has 0 amide bonds. The second-order valence-corrected chi connectivity index (χ2v) is 5.51. The fraction of sp³-hybridized carbons (Fsp3) is 0.600. The molecule has 1 N–H and O–H groups in total. The van der Waals surface area contributed by atoms with Crippen LogP contribution in [-0.2, 0) is 15.1 Å². The molecule has 0 atom stereocenters. The molecule has 1 aromatic carbocycles. The van der Waals surface area contributed by atoms with E-state index in [9.17, 15) is 5.11 Å². The summed E-state index contributed by atoms with van der Waals surface area (Å²) in [6.45, 7) is 3.43. The van der Waals surface area contributed by atoms with Crippen molar-refractivity contribution < 1.29 is 14.6 Å². The van der Waals surface area contributed by atoms with Crippen LogP contribution in [0.1, 0.15) is 36.8 Å². The topological polar surface area (TPSA) is 38.7 Å². The minimum Gasteiger partial charge on any atom is -0.385 e. The van der Waals surface area contributed by atoms with Crippen LogP contribution in [0.5, 0.6) is 0 Å². The number of benzene rings is 1. The molecule has 3 rings (SSSR count). The Kier molecular flexibility index (Phi) is 2.93. The van der Waals surface area contributed by atoms with Gasteiger partial charge in [-0.2, -0.15) is 0 Å². The van der Waals surface area contributed by atoms with Gasteiger partial charge in [-0.15, -0.1) is 0 Å². The zero-order chi connectivity index (χ0) is 12.6. The first-order valence-corrected chi connectivity index (χ1v) is 6.69. The van der Waals surface area contributed by atoms with Crippen LogP contribution in [0, 0.1) is 6.92 Å². The lowest BCUT2D eigenvalue weighted by molar-refractivity contribution is -0.204. The number of hydrogen-bond acceptors (Lipinski definition) is 3. The van der Waals surface area contributed by atoms with Gasteiger partial charge in [-0.25, -0.2) is 0 Å². The van der Waals surface area contributed by atoms with E-state index in [1.54, 1.807) is 0 Å². The molecule has 0 radical (unpaired) electrons. The largest absolute Gasteiger partial charge is 0.385 e. The molecule has 0 aromatic heterocycles. The molecule has 18 heavy (non-hydrogen) atoms. The van der Waals surface area contributed by atoms with E-state index in [-0.39, 0.29) is 0 Å². The lowest BCUT2D eigenvalue weighted by atomic mass is 9.77. The summed E-state index contributed by atoms with van der Waals surface area (Å²) in [6.07, 6.45) is 2.96. The minimum absolute atomic E-state index is 0.406. The van der Waals surface area contributed by atoms with Crippen LogP contribution in [-0.4, -0.2) is 24.1 Å². The summed E-state index contributed by atoms with van der Waals surface area (Å²) in [7, 11) is 0. The summed E-state index contributed by atoms with van der Waals surface area (Å²) in [5.41, 5.74) is 1.52. The highest BCUT2D eigenvalue weighted by Crippen LogP contribution is 2.44. The molecule has 2 aliphatic rings. The van der Waals surface area contributed by atoms with Crippen LogP contribution in [0.3, 0.4) is 0 Å². The SMILES string of the molecule is Cc1ccc(C2(O)CCC3(CC2)OCCO3)cc1. The van der Waals surface area contributed by atoms with E-state index in [0.29, 0.717) is 26.1 Å². The van der Waals surface area contributed by atoms with Gasteiger partial charge in [0.1, 0.15) is 0 Å². The Bertz CT molecular complexity index is 408. The summed E-state index contributed by atoms with van der Waals surface area (Å²) < 4.78 is 11.4. The maximum absolute atomic E-state index is 10.8. The van der Waals surface area contributed by atoms with E-state index in [2.05, 4.69) is 19.1 Å². The molecule has 1 aromatic rings. The Morgan fingerprint density at radius 3 is 2.06 bits per heavy atom. The van der Waals surface area contributed by atoms with Crippen LogP contribution in [0.15, 0.2) is 24.3 Å². The lowest BCUT2D eigenvalue weighted by Gasteiger charge is -2.40. The third-order valence-corrected chi connectivity index (χ3v) is 4.24. The van der Waals surface area contributed by atoms with E-state index in [1.165, 1.54) is 5.56 Å². The summed E-state index contributed by atoms with van der Waals surface area (Å²) in [6, 6.07) is 8.17. The van der Waals surface area contributed by atoms with Crippen molar-refractivity contribution in [2.45, 2.75) is 44.0 Å². The molecule has 1 saturated carbocycles. The lowest BCUT2D eigenvalue weighted by Crippen LogP contribution is -2.42. The predicted molar refractivity (Wildman–Crippen MR) is 68.2 cm³/mol. The molecule has 2 fully saturated rings. The van der Waals surface area contributed by atoms with Crippen LogP contribution >= 0.6 is 0 Å². The van der Waals surface area contributed by atoms with Crippen LogP contribution in [0.25, 0.3) is 0 Å². The number of aliphatic hydroxyl groups is 1. The second kappa shape index (κ2) is 4.34. The maximum atomic E-state index is 10.8. The van der Waals surface area contributed by atoms with Gasteiger partial charge in [0.2, 0.25) is 0 Å². The van der Waals surface area contributed by atoms with Gasteiger partial charge in [-0.05, 0) is 25.3 Å². The number of hydrogen-bond donors (Lipinski definition) is 1. The van der Waals surface area contributed by atoms with Gasteiger partial charge in [0.25, 0.3) is 0 Å². The van der Waals surface area contributed by atoms with Gasteiger partial charge in [0, 0.05) is 12.8 Å². The van der Waals surface area contributed by atoms with Crippen LogP contribution < -0.4 is 0 Å². The fourth-order valence-electron chi connectivity index (χ4n) is 2.98. The quantitative estimate of drug-likeness (QED) is 0.830. The fourth-order valence-corrected chi connectivity index (χ4v) is 2.98. The standard InChI is InChI=1S/C15H20O3/c1-12-2-4-13(5-3-12)14(16)6-8-15(9-7-14)17-10-11-18-15/h2-5,16H,6-11H2,1H3. The van der Waals surface area contributed by atoms with E-state index in [1.807, 2.05) is 12.1 Å². The Hall–Kier alpha value is -0.900. The zero-order valence-corrected chi connectivity index (χ0v) is 10.8. The third kappa shape index (κ3) is 2.07. The first-order valence-electron chi connectivity index (χ1n) is 6.69. The van der Waals surface area contributed by atoms with Gasteiger partial charge in [0.15, 0.2) is 5.79 Å². The van der Waals surface area contributed by atoms with Crippen molar-refractivity contribution in [1.82, 2.24) is 0 Å². The number of rotatable bonds is 1. The van der Waals surface area contributed by atoms with Gasteiger partial charge in [-0.3, -0.25) is 0 Å². The van der Waals surface area contributed by atoms with Gasteiger partial charge in [-0.1, -0.05) is 29.8 Å². The maximum Gasteiger partial charge on any atom is 0.168 e. The molecule has 1 aliphatic heterocycles. The molecular formula is C15H20O3. The second-order valence-electron chi connectivity index (χ2n) is 5.51. The highest BCUT2D eigenvalue weighted by atomic mass is 16.7. The van der Waals surface area contributed by atoms with E-state index < -0.39 is 11.4 Å². The van der Waals surface area contributed by atoms with Crippen LogP contribution in [0.4, 0.5) is 0 Å². The highest BCUT2D eigenvalue weighted by molar-refractivity contribution is 5.27. The van der Waals surface area contributed by atoms with Crippen molar-refractivity contribution in [3.05, 3.63) is 35.4 Å². The van der Waals surface area contributed by atoms with Gasteiger partial charge >= 0.3 is 0 Å². The predicted octanol–water partition coefficient (Wildman–Crippen LogP) is 2.50. The third-order valence-electron chi connectivity index (χ3n) is 4.24. The van der Waals surface area contributed by atoms with E-state index in [4.69, 9.17) is 9.47 Å². The average Bonchev–Trinajstić information content (AvgIpc) is 2.83. The summed E-state index contributed by atoms with van der Waals surface area (Å²) >= 11 is 0. The molecule has 1 saturated heterocycles. The Labute approximate surface area is 108 Å². The summed E-state index contributed by atoms with van der Waals surface area (Å²) in [5.74, 6) is -0.406. The van der Waals surface area contributed by atoms with Crippen molar-refractivity contribution >= 4 is 0 Å². The smallest absolute Gasteiger partial charge is 0.168 e. The monoisotopic (exact) mass is 248 g/mol. The molecule has 1 aliphatic carbocycles. The van der Waals surface area contributed by atoms with E-state index in [0.717, 1.165) is 18.4 Å². The Balaban J connectivity index is 1.75. The molecule has 3 nitrogen and oxygen atoms in total.